The number of fused-ring (bicyclic) bond motifs is 1. The molecule has 0 spiro atoms. The SMILES string of the molecule is CC(C)(C)CCC(NC(=O)Cn1c(=O)[nH]c2ccccc2c1=O)C(=O)O. The van der Waals surface area contributed by atoms with Crippen molar-refractivity contribution in [2.75, 3.05) is 0 Å². The Balaban J connectivity index is 2.19. The van der Waals surface area contributed by atoms with Crippen molar-refractivity contribution in [3.63, 3.8) is 0 Å². The Kier molecular flexibility index (Phi) is 5.64. The molecule has 0 saturated heterocycles. The van der Waals surface area contributed by atoms with Crippen molar-refractivity contribution in [3.8, 4) is 0 Å². The normalized spacial score (nSPS) is 12.7. The lowest BCUT2D eigenvalue weighted by Crippen LogP contribution is -2.46. The Morgan fingerprint density at radius 1 is 1.23 bits per heavy atom. The highest BCUT2D eigenvalue weighted by molar-refractivity contribution is 5.83. The molecular weight excluding hydrogens is 338 g/mol. The highest BCUT2D eigenvalue weighted by Gasteiger charge is 2.23. The number of hydrogen-bond acceptors (Lipinski definition) is 4. The van der Waals surface area contributed by atoms with Crippen LogP contribution in [0.2, 0.25) is 0 Å². The molecule has 1 atom stereocenters. The molecule has 1 heterocycles. The van der Waals surface area contributed by atoms with Gasteiger partial charge in [0.15, 0.2) is 0 Å². The first-order chi connectivity index (χ1) is 12.1. The monoisotopic (exact) mass is 361 g/mol. The number of nitrogens with one attached hydrogen (secondary N) is 2. The number of carboxylic acid groups (broad SMARTS) is 1. The van der Waals surface area contributed by atoms with E-state index in [1.165, 1.54) is 0 Å². The number of hydrogen-bond donors (Lipinski definition) is 3. The van der Waals surface area contributed by atoms with Crippen molar-refractivity contribution in [3.05, 3.63) is 45.1 Å². The van der Waals surface area contributed by atoms with Crippen LogP contribution in [0.1, 0.15) is 33.6 Å². The van der Waals surface area contributed by atoms with E-state index in [9.17, 15) is 24.3 Å². The molecule has 8 heteroatoms. The fourth-order valence-electron chi connectivity index (χ4n) is 2.56. The van der Waals surface area contributed by atoms with Crippen LogP contribution in [0.15, 0.2) is 33.9 Å². The molecule has 0 aliphatic heterocycles. The quantitative estimate of drug-likeness (QED) is 0.711. The molecule has 1 unspecified atom stereocenters. The summed E-state index contributed by atoms with van der Waals surface area (Å²) in [5.41, 5.74) is -1.01. The number of rotatable bonds is 6. The van der Waals surface area contributed by atoms with E-state index in [0.717, 1.165) is 4.57 Å². The summed E-state index contributed by atoms with van der Waals surface area (Å²) in [6.07, 6.45) is 0.855. The maximum atomic E-state index is 12.4. The molecule has 0 saturated carbocycles. The smallest absolute Gasteiger partial charge is 0.329 e. The lowest BCUT2D eigenvalue weighted by molar-refractivity contribution is -0.142. The number of carboxylic acids is 1. The Morgan fingerprint density at radius 3 is 2.50 bits per heavy atom. The number of carbonyl (C=O) groups excluding carboxylic acids is 1. The summed E-state index contributed by atoms with van der Waals surface area (Å²) in [7, 11) is 0. The number of H-pyrrole nitrogens is 1. The second kappa shape index (κ2) is 7.55. The Labute approximate surface area is 149 Å². The van der Waals surface area contributed by atoms with Crippen molar-refractivity contribution in [2.45, 2.75) is 46.2 Å². The van der Waals surface area contributed by atoms with Crippen LogP contribution in [0.25, 0.3) is 10.9 Å². The van der Waals surface area contributed by atoms with E-state index in [4.69, 9.17) is 0 Å². The van der Waals surface area contributed by atoms with Crippen LogP contribution in [0.4, 0.5) is 0 Å². The van der Waals surface area contributed by atoms with Crippen molar-refractivity contribution < 1.29 is 14.7 Å². The fourth-order valence-corrected chi connectivity index (χ4v) is 2.56. The van der Waals surface area contributed by atoms with Gasteiger partial charge in [0.25, 0.3) is 5.56 Å². The van der Waals surface area contributed by atoms with Crippen LogP contribution in [-0.4, -0.2) is 32.6 Å². The van der Waals surface area contributed by atoms with Gasteiger partial charge in [0.2, 0.25) is 5.91 Å². The van der Waals surface area contributed by atoms with Gasteiger partial charge in [0.05, 0.1) is 10.9 Å². The molecule has 140 valence electrons. The standard InChI is InChI=1S/C18H23N3O5/c1-18(2,3)9-8-13(16(24)25)19-14(22)10-21-15(23)11-6-4-5-7-12(11)20-17(21)26/h4-7,13H,8-10H2,1-3H3,(H,19,22)(H,20,26)(H,24,25). The van der Waals surface area contributed by atoms with Gasteiger partial charge in [-0.05, 0) is 30.4 Å². The molecule has 8 nitrogen and oxygen atoms in total. The van der Waals surface area contributed by atoms with Gasteiger partial charge in [-0.25, -0.2) is 9.59 Å². The number of amides is 1. The molecule has 0 fully saturated rings. The van der Waals surface area contributed by atoms with Crippen LogP contribution < -0.4 is 16.6 Å². The van der Waals surface area contributed by atoms with Gasteiger partial charge in [-0.1, -0.05) is 32.9 Å². The first-order valence-corrected chi connectivity index (χ1v) is 8.32. The summed E-state index contributed by atoms with van der Waals surface area (Å²) in [6, 6.07) is 5.40. The minimum absolute atomic E-state index is 0.0785. The molecule has 2 aromatic rings. The summed E-state index contributed by atoms with van der Waals surface area (Å²) >= 11 is 0. The van der Waals surface area contributed by atoms with Crippen molar-refractivity contribution in [1.82, 2.24) is 14.9 Å². The largest absolute Gasteiger partial charge is 0.480 e. The molecule has 0 aliphatic carbocycles. The van der Waals surface area contributed by atoms with E-state index in [1.807, 2.05) is 20.8 Å². The summed E-state index contributed by atoms with van der Waals surface area (Å²) in [4.78, 5) is 50.6. The third kappa shape index (κ3) is 4.81. The summed E-state index contributed by atoms with van der Waals surface area (Å²) < 4.78 is 0.764. The molecule has 0 bridgehead atoms. The zero-order chi connectivity index (χ0) is 19.5. The van der Waals surface area contributed by atoms with Crippen LogP contribution in [-0.2, 0) is 16.1 Å². The number of nitrogens with zero attached hydrogens (tertiary/aromatic N) is 1. The van der Waals surface area contributed by atoms with E-state index >= 15 is 0 Å². The molecule has 1 aromatic heterocycles. The molecular formula is C18H23N3O5. The van der Waals surface area contributed by atoms with Gasteiger partial charge in [-0.2, -0.15) is 0 Å². The third-order valence-corrected chi connectivity index (χ3v) is 4.01. The van der Waals surface area contributed by atoms with E-state index in [2.05, 4.69) is 10.3 Å². The Morgan fingerprint density at radius 2 is 1.88 bits per heavy atom. The topological polar surface area (TPSA) is 121 Å². The third-order valence-electron chi connectivity index (χ3n) is 4.01. The van der Waals surface area contributed by atoms with Crippen LogP contribution in [0.5, 0.6) is 0 Å². The van der Waals surface area contributed by atoms with E-state index in [0.29, 0.717) is 11.9 Å². The predicted octanol–water partition coefficient (Wildman–Crippen LogP) is 1.09. The van der Waals surface area contributed by atoms with Crippen molar-refractivity contribution >= 4 is 22.8 Å². The molecule has 2 rings (SSSR count). The molecule has 26 heavy (non-hydrogen) atoms. The number of carbonyl (C=O) groups is 2. The summed E-state index contributed by atoms with van der Waals surface area (Å²) in [5, 5.41) is 12.0. The minimum atomic E-state index is -1.15. The van der Waals surface area contributed by atoms with Gasteiger partial charge in [-0.3, -0.25) is 14.2 Å². The van der Waals surface area contributed by atoms with E-state index in [1.54, 1.807) is 24.3 Å². The van der Waals surface area contributed by atoms with E-state index < -0.39 is 35.7 Å². The predicted molar refractivity (Wildman–Crippen MR) is 97.1 cm³/mol. The van der Waals surface area contributed by atoms with Crippen LogP contribution >= 0.6 is 0 Å². The van der Waals surface area contributed by atoms with Crippen molar-refractivity contribution in [1.29, 1.82) is 0 Å². The second-order valence-corrected chi connectivity index (χ2v) is 7.42. The van der Waals surface area contributed by atoms with Gasteiger partial charge >= 0.3 is 11.7 Å². The summed E-state index contributed by atoms with van der Waals surface area (Å²) in [6.45, 7) is 5.38. The minimum Gasteiger partial charge on any atom is -0.480 e. The number of benzene rings is 1. The Hall–Kier alpha value is -2.90. The number of para-hydroxylation sites is 1. The number of aliphatic carboxylic acids is 1. The van der Waals surface area contributed by atoms with Gasteiger partial charge in [-0.15, -0.1) is 0 Å². The number of aromatic nitrogens is 2. The first kappa shape index (κ1) is 19.4. The zero-order valence-corrected chi connectivity index (χ0v) is 15.0. The average molecular weight is 361 g/mol. The highest BCUT2D eigenvalue weighted by atomic mass is 16.4. The van der Waals surface area contributed by atoms with Gasteiger partial charge < -0.3 is 15.4 Å². The average Bonchev–Trinajstić information content (AvgIpc) is 2.54. The lowest BCUT2D eigenvalue weighted by Gasteiger charge is -2.21. The van der Waals surface area contributed by atoms with Gasteiger partial charge in [0, 0.05) is 0 Å². The first-order valence-electron chi connectivity index (χ1n) is 8.32. The van der Waals surface area contributed by atoms with Crippen LogP contribution in [0, 0.1) is 5.41 Å². The lowest BCUT2D eigenvalue weighted by atomic mass is 9.88. The molecule has 3 N–H and O–H groups in total. The molecule has 0 radical (unpaired) electrons. The van der Waals surface area contributed by atoms with E-state index in [-0.39, 0.29) is 17.2 Å². The zero-order valence-electron chi connectivity index (χ0n) is 15.0. The van der Waals surface area contributed by atoms with Crippen LogP contribution in [0.3, 0.4) is 0 Å². The molecule has 1 amide bonds. The fraction of sp³-hybridized carbons (Fsp3) is 0.444. The highest BCUT2D eigenvalue weighted by Crippen LogP contribution is 2.21. The van der Waals surface area contributed by atoms with Crippen molar-refractivity contribution in [2.24, 2.45) is 5.41 Å². The summed E-state index contributed by atoms with van der Waals surface area (Å²) in [5.74, 6) is -1.85. The van der Waals surface area contributed by atoms with Gasteiger partial charge in [0.1, 0.15) is 12.6 Å². The maximum absolute atomic E-state index is 12.4. The Bertz CT molecular complexity index is 936. The molecule has 1 aromatic carbocycles. The number of aromatic amines is 1. The maximum Gasteiger partial charge on any atom is 0.329 e. The molecule has 0 aliphatic rings. The second-order valence-electron chi connectivity index (χ2n) is 7.42.